The van der Waals surface area contributed by atoms with E-state index in [1.54, 1.807) is 6.07 Å². The third-order valence-corrected chi connectivity index (χ3v) is 3.32. The van der Waals surface area contributed by atoms with Gasteiger partial charge in [-0.05, 0) is 6.07 Å². The van der Waals surface area contributed by atoms with Gasteiger partial charge in [-0.2, -0.15) is 18.2 Å². The van der Waals surface area contributed by atoms with Crippen LogP contribution in [-0.2, 0) is 12.8 Å². The van der Waals surface area contributed by atoms with Gasteiger partial charge < -0.3 is 10.1 Å². The summed E-state index contributed by atoms with van der Waals surface area (Å²) in [5.74, 6) is -1.34. The topological polar surface area (TPSA) is 47.0 Å². The van der Waals surface area contributed by atoms with Crippen LogP contribution in [0.1, 0.15) is 11.4 Å². The fourth-order valence-electron chi connectivity index (χ4n) is 1.52. The van der Waals surface area contributed by atoms with Crippen molar-refractivity contribution < 1.29 is 17.9 Å². The lowest BCUT2D eigenvalue weighted by Gasteiger charge is -2.11. The maximum Gasteiger partial charge on any atom is 0.451 e. The summed E-state index contributed by atoms with van der Waals surface area (Å²) in [5, 5.41) is 2.55. The Bertz CT molecular complexity index is 634. The molecule has 0 bridgehead atoms. The van der Waals surface area contributed by atoms with E-state index in [1.807, 2.05) is 18.2 Å². The monoisotopic (exact) mass is 361 g/mol. The van der Waals surface area contributed by atoms with Crippen molar-refractivity contribution in [3.05, 3.63) is 46.2 Å². The van der Waals surface area contributed by atoms with Crippen molar-refractivity contribution in [2.24, 2.45) is 0 Å². The molecule has 4 nitrogen and oxygen atoms in total. The first-order valence-corrected chi connectivity index (χ1v) is 6.69. The van der Waals surface area contributed by atoms with Crippen molar-refractivity contribution in [2.75, 3.05) is 12.4 Å². The second-order valence-electron chi connectivity index (χ2n) is 4.04. The molecule has 0 unspecified atom stereocenters. The quantitative estimate of drug-likeness (QED) is 0.897. The minimum Gasteiger partial charge on any atom is -0.473 e. The van der Waals surface area contributed by atoms with Crippen LogP contribution in [0.25, 0.3) is 0 Å². The molecule has 0 fully saturated rings. The van der Waals surface area contributed by atoms with Crippen LogP contribution in [0.4, 0.5) is 19.0 Å². The molecule has 0 atom stereocenters. The minimum absolute atomic E-state index is 0.0412. The molecule has 1 heterocycles. The first-order chi connectivity index (χ1) is 9.90. The van der Waals surface area contributed by atoms with Crippen molar-refractivity contribution in [3.63, 3.8) is 0 Å². The lowest BCUT2D eigenvalue weighted by Crippen LogP contribution is -2.13. The van der Waals surface area contributed by atoms with Crippen LogP contribution in [-0.4, -0.2) is 17.0 Å². The fraction of sp³-hybridized carbons (Fsp3) is 0.231. The number of nitrogens with zero attached hydrogens (tertiary/aromatic N) is 2. The van der Waals surface area contributed by atoms with Crippen LogP contribution in [0, 0.1) is 0 Å². The van der Waals surface area contributed by atoms with E-state index in [9.17, 15) is 13.2 Å². The zero-order valence-corrected chi connectivity index (χ0v) is 12.5. The summed E-state index contributed by atoms with van der Waals surface area (Å²) in [6.07, 6.45) is -4.63. The molecule has 2 rings (SSSR count). The fourth-order valence-corrected chi connectivity index (χ4v) is 1.92. The Morgan fingerprint density at radius 1 is 1.24 bits per heavy atom. The third kappa shape index (κ3) is 4.07. The summed E-state index contributed by atoms with van der Waals surface area (Å²) in [4.78, 5) is 6.74. The molecule has 0 aliphatic heterocycles. The van der Waals surface area contributed by atoms with E-state index in [-0.39, 0.29) is 18.3 Å². The molecule has 0 aliphatic carbocycles. The summed E-state index contributed by atoms with van der Waals surface area (Å²) in [6, 6.07) is 8.57. The van der Waals surface area contributed by atoms with Crippen LogP contribution < -0.4 is 10.1 Å². The molecule has 1 N–H and O–H groups in total. The predicted molar refractivity (Wildman–Crippen MR) is 75.1 cm³/mol. The van der Waals surface area contributed by atoms with E-state index in [2.05, 4.69) is 31.2 Å². The first kappa shape index (κ1) is 15.6. The van der Waals surface area contributed by atoms with Crippen molar-refractivity contribution in [1.29, 1.82) is 0 Å². The highest BCUT2D eigenvalue weighted by Crippen LogP contribution is 2.29. The lowest BCUT2D eigenvalue weighted by molar-refractivity contribution is -0.145. The molecule has 0 saturated heterocycles. The van der Waals surface area contributed by atoms with E-state index in [0.29, 0.717) is 0 Å². The first-order valence-electron chi connectivity index (χ1n) is 5.90. The Kier molecular flexibility index (Phi) is 4.66. The van der Waals surface area contributed by atoms with E-state index in [1.165, 1.54) is 13.1 Å². The summed E-state index contributed by atoms with van der Waals surface area (Å²) >= 11 is 3.34. The van der Waals surface area contributed by atoms with Crippen LogP contribution in [0.3, 0.4) is 0 Å². The van der Waals surface area contributed by atoms with Gasteiger partial charge in [0.2, 0.25) is 11.7 Å². The smallest absolute Gasteiger partial charge is 0.451 e. The van der Waals surface area contributed by atoms with Gasteiger partial charge in [0, 0.05) is 23.2 Å². The molecule has 0 saturated carbocycles. The van der Waals surface area contributed by atoms with E-state index >= 15 is 0 Å². The number of ether oxygens (including phenoxy) is 1. The molecule has 0 aliphatic rings. The highest BCUT2D eigenvalue weighted by atomic mass is 79.9. The van der Waals surface area contributed by atoms with Crippen LogP contribution in [0.15, 0.2) is 34.8 Å². The standard InChI is InChI=1S/C13H11BrF3N3O/c1-18-10-6-11(20-12(19-10)13(15,16)17)21-7-8-4-2-3-5-9(8)14/h2-6H,7H2,1H3,(H,18,19,20). The third-order valence-electron chi connectivity index (χ3n) is 2.55. The zero-order chi connectivity index (χ0) is 15.5. The number of rotatable bonds is 4. The Balaban J connectivity index is 2.22. The van der Waals surface area contributed by atoms with Gasteiger partial charge in [0.15, 0.2) is 0 Å². The summed E-state index contributed by atoms with van der Waals surface area (Å²) < 4.78 is 44.2. The summed E-state index contributed by atoms with van der Waals surface area (Å²) in [5.41, 5.74) is 0.802. The molecule has 1 aromatic heterocycles. The second-order valence-corrected chi connectivity index (χ2v) is 4.90. The van der Waals surface area contributed by atoms with Gasteiger partial charge in [-0.15, -0.1) is 0 Å². The number of anilines is 1. The average Bonchev–Trinajstić information content (AvgIpc) is 2.45. The zero-order valence-electron chi connectivity index (χ0n) is 10.9. The van der Waals surface area contributed by atoms with Crippen molar-refractivity contribution in [2.45, 2.75) is 12.8 Å². The molecule has 0 spiro atoms. The molecule has 8 heteroatoms. The average molecular weight is 362 g/mol. The molecule has 0 radical (unpaired) electrons. The number of alkyl halides is 3. The second kappa shape index (κ2) is 6.30. The van der Waals surface area contributed by atoms with E-state index in [4.69, 9.17) is 4.74 Å². The molecule has 1 aromatic carbocycles. The molecular weight excluding hydrogens is 351 g/mol. The normalized spacial score (nSPS) is 11.3. The number of halogens is 4. The van der Waals surface area contributed by atoms with Crippen molar-refractivity contribution >= 4 is 21.7 Å². The van der Waals surface area contributed by atoms with Gasteiger partial charge in [-0.25, -0.2) is 4.98 Å². The highest BCUT2D eigenvalue weighted by Gasteiger charge is 2.35. The maximum atomic E-state index is 12.7. The SMILES string of the molecule is CNc1cc(OCc2ccccc2Br)nc(C(F)(F)F)n1. The number of nitrogens with one attached hydrogen (secondary N) is 1. The van der Waals surface area contributed by atoms with Gasteiger partial charge in [0.1, 0.15) is 12.4 Å². The van der Waals surface area contributed by atoms with Gasteiger partial charge in [0.25, 0.3) is 0 Å². The largest absolute Gasteiger partial charge is 0.473 e. The Labute approximate surface area is 127 Å². The number of aromatic nitrogens is 2. The lowest BCUT2D eigenvalue weighted by atomic mass is 10.2. The van der Waals surface area contributed by atoms with Crippen molar-refractivity contribution in [3.8, 4) is 5.88 Å². The van der Waals surface area contributed by atoms with Gasteiger partial charge in [0.05, 0.1) is 0 Å². The number of hydrogen-bond acceptors (Lipinski definition) is 4. The van der Waals surface area contributed by atoms with Crippen LogP contribution in [0.5, 0.6) is 5.88 Å². The molecule has 21 heavy (non-hydrogen) atoms. The Morgan fingerprint density at radius 2 is 1.95 bits per heavy atom. The maximum absolute atomic E-state index is 12.7. The highest BCUT2D eigenvalue weighted by molar-refractivity contribution is 9.10. The predicted octanol–water partition coefficient (Wildman–Crippen LogP) is 3.88. The van der Waals surface area contributed by atoms with E-state index < -0.39 is 12.0 Å². The Hall–Kier alpha value is -1.83. The van der Waals surface area contributed by atoms with Gasteiger partial charge in [-0.1, -0.05) is 34.1 Å². The Morgan fingerprint density at radius 3 is 2.57 bits per heavy atom. The van der Waals surface area contributed by atoms with Gasteiger partial charge in [-0.3, -0.25) is 0 Å². The molecular formula is C13H11BrF3N3O. The van der Waals surface area contributed by atoms with Crippen LogP contribution >= 0.6 is 15.9 Å². The van der Waals surface area contributed by atoms with Crippen molar-refractivity contribution in [1.82, 2.24) is 9.97 Å². The molecule has 0 amide bonds. The van der Waals surface area contributed by atoms with Gasteiger partial charge >= 0.3 is 6.18 Å². The molecule has 2 aromatic rings. The summed E-state index contributed by atoms with van der Waals surface area (Å²) in [6.45, 7) is 0.0961. The summed E-state index contributed by atoms with van der Waals surface area (Å²) in [7, 11) is 1.47. The number of hydrogen-bond donors (Lipinski definition) is 1. The van der Waals surface area contributed by atoms with E-state index in [0.717, 1.165) is 10.0 Å². The number of benzene rings is 1. The minimum atomic E-state index is -4.63. The molecule has 112 valence electrons. The van der Waals surface area contributed by atoms with Crippen LogP contribution in [0.2, 0.25) is 0 Å².